The summed E-state index contributed by atoms with van der Waals surface area (Å²) in [5, 5.41) is 8.61. The van der Waals surface area contributed by atoms with Crippen molar-refractivity contribution in [3.05, 3.63) is 46.8 Å². The quantitative estimate of drug-likeness (QED) is 0.752. The maximum Gasteiger partial charge on any atom is 0.308 e. The van der Waals surface area contributed by atoms with Crippen LogP contribution in [-0.2, 0) is 9.59 Å². The summed E-state index contributed by atoms with van der Waals surface area (Å²) >= 11 is 1.31. The summed E-state index contributed by atoms with van der Waals surface area (Å²) in [4.78, 5) is 38.4. The van der Waals surface area contributed by atoms with E-state index in [0.717, 1.165) is 0 Å². The number of benzene rings is 1. The minimum atomic E-state index is -1.17. The lowest BCUT2D eigenvalue weighted by molar-refractivity contribution is -0.137. The van der Waals surface area contributed by atoms with Gasteiger partial charge in [-0.3, -0.25) is 14.4 Å². The topological polar surface area (TPSA) is 74.7 Å². The van der Waals surface area contributed by atoms with E-state index in [4.69, 9.17) is 5.11 Å². The first-order chi connectivity index (χ1) is 11.8. The first-order valence-electron chi connectivity index (χ1n) is 7.85. The molecule has 0 fully saturated rings. The lowest BCUT2D eigenvalue weighted by Gasteiger charge is -2.27. The zero-order valence-corrected chi connectivity index (χ0v) is 15.1. The van der Waals surface area contributed by atoms with Crippen LogP contribution in [0, 0.1) is 11.7 Å². The second kappa shape index (κ2) is 7.82. The molecule has 25 heavy (non-hydrogen) atoms. The van der Waals surface area contributed by atoms with Crippen molar-refractivity contribution in [3.8, 4) is 0 Å². The summed E-state index contributed by atoms with van der Waals surface area (Å²) in [6.07, 6.45) is 1.26. The molecule has 5 nitrogen and oxygen atoms in total. The second-order valence-electron chi connectivity index (χ2n) is 6.24. The second-order valence-corrected chi connectivity index (χ2v) is 7.16. The fourth-order valence-electron chi connectivity index (χ4n) is 2.85. The molecule has 0 radical (unpaired) electrons. The van der Waals surface area contributed by atoms with Crippen LogP contribution < -0.4 is 0 Å². The summed E-state index contributed by atoms with van der Waals surface area (Å²) in [7, 11) is 0. The van der Waals surface area contributed by atoms with E-state index in [1.807, 2.05) is 13.8 Å². The average molecular weight is 365 g/mol. The molecule has 1 unspecified atom stereocenters. The Hall–Kier alpha value is -2.15. The van der Waals surface area contributed by atoms with Crippen molar-refractivity contribution < 1.29 is 23.9 Å². The minimum absolute atomic E-state index is 0.0156. The molecule has 134 valence electrons. The Labute approximate surface area is 149 Å². The molecule has 1 aliphatic rings. The highest BCUT2D eigenvalue weighted by Gasteiger charge is 2.42. The Kier molecular flexibility index (Phi) is 6.00. The van der Waals surface area contributed by atoms with Gasteiger partial charge in [-0.1, -0.05) is 13.8 Å². The highest BCUT2D eigenvalue weighted by Crippen LogP contribution is 2.36. The molecule has 1 aliphatic heterocycles. The molecule has 1 aromatic carbocycles. The molecule has 7 heteroatoms. The van der Waals surface area contributed by atoms with E-state index in [-0.39, 0.29) is 22.6 Å². The van der Waals surface area contributed by atoms with Crippen molar-refractivity contribution in [1.29, 1.82) is 0 Å². The highest BCUT2D eigenvalue weighted by molar-refractivity contribution is 7.99. The maximum atomic E-state index is 13.1. The van der Waals surface area contributed by atoms with Gasteiger partial charge in [-0.2, -0.15) is 0 Å². The smallest absolute Gasteiger partial charge is 0.308 e. The van der Waals surface area contributed by atoms with E-state index in [9.17, 15) is 18.8 Å². The molecule has 0 bridgehead atoms. The van der Waals surface area contributed by atoms with Crippen LogP contribution in [0.4, 0.5) is 4.39 Å². The number of carbonyl (C=O) groups is 3. The average Bonchev–Trinajstić information content (AvgIpc) is 2.79. The van der Waals surface area contributed by atoms with Crippen LogP contribution in [0.15, 0.2) is 35.4 Å². The van der Waals surface area contributed by atoms with Crippen LogP contribution in [0.25, 0.3) is 0 Å². The third kappa shape index (κ3) is 4.10. The Morgan fingerprint density at radius 1 is 1.28 bits per heavy atom. The minimum Gasteiger partial charge on any atom is -0.481 e. The largest absolute Gasteiger partial charge is 0.481 e. The number of Topliss-reactive ketones (excluding diaryl/α,β-unsaturated/α-hetero) is 1. The molecule has 1 atom stereocenters. The molecule has 0 saturated carbocycles. The Morgan fingerprint density at radius 3 is 2.36 bits per heavy atom. The predicted molar refractivity (Wildman–Crippen MR) is 93.9 cm³/mol. The lowest BCUT2D eigenvalue weighted by Crippen LogP contribution is -2.37. The highest BCUT2D eigenvalue weighted by atomic mass is 32.2. The first-order valence-corrected chi connectivity index (χ1v) is 9.13. The van der Waals surface area contributed by atoms with Gasteiger partial charge in [0, 0.05) is 23.3 Å². The Balaban J connectivity index is 2.51. The summed E-state index contributed by atoms with van der Waals surface area (Å²) in [6.45, 7) is 4.32. The fourth-order valence-corrected chi connectivity index (χ4v) is 3.77. The van der Waals surface area contributed by atoms with Gasteiger partial charge in [0.1, 0.15) is 11.2 Å². The fraction of sp³-hybridized carbons (Fsp3) is 0.389. The normalized spacial score (nSPS) is 17.6. The predicted octanol–water partition coefficient (Wildman–Crippen LogP) is 2.97. The van der Waals surface area contributed by atoms with E-state index in [1.165, 1.54) is 36.0 Å². The summed E-state index contributed by atoms with van der Waals surface area (Å²) in [5.41, 5.74) is 0.437. The number of ketones is 1. The SMILES string of the molecule is CSC1C(C(=O)c2ccc(F)cc2)=C(CC(=O)O)C(=O)N1CC(C)C. The third-order valence-electron chi connectivity index (χ3n) is 3.84. The lowest BCUT2D eigenvalue weighted by atomic mass is 9.98. The van der Waals surface area contributed by atoms with Crippen molar-refractivity contribution in [1.82, 2.24) is 4.90 Å². The molecule has 1 amide bonds. The van der Waals surface area contributed by atoms with E-state index in [0.29, 0.717) is 6.54 Å². The number of hydrogen-bond acceptors (Lipinski definition) is 4. The first kappa shape index (κ1) is 19.2. The van der Waals surface area contributed by atoms with Crippen LogP contribution >= 0.6 is 11.8 Å². The van der Waals surface area contributed by atoms with Gasteiger partial charge in [-0.25, -0.2) is 4.39 Å². The van der Waals surface area contributed by atoms with Crippen molar-refractivity contribution in [2.24, 2.45) is 5.92 Å². The summed E-state index contributed by atoms with van der Waals surface area (Å²) < 4.78 is 13.1. The van der Waals surface area contributed by atoms with Gasteiger partial charge in [0.15, 0.2) is 5.78 Å². The molecular weight excluding hydrogens is 345 g/mol. The molecule has 1 heterocycles. The van der Waals surface area contributed by atoms with Gasteiger partial charge in [0.05, 0.1) is 6.42 Å². The van der Waals surface area contributed by atoms with E-state index < -0.39 is 35.3 Å². The third-order valence-corrected chi connectivity index (χ3v) is 4.78. The van der Waals surface area contributed by atoms with Crippen LogP contribution in [0.2, 0.25) is 0 Å². The molecule has 0 aromatic heterocycles. The molecule has 0 spiro atoms. The molecule has 0 aliphatic carbocycles. The number of halogens is 1. The van der Waals surface area contributed by atoms with Gasteiger partial charge >= 0.3 is 5.97 Å². The number of thioether (sulfide) groups is 1. The van der Waals surface area contributed by atoms with Gasteiger partial charge in [-0.05, 0) is 36.4 Å². The van der Waals surface area contributed by atoms with Gasteiger partial charge < -0.3 is 10.0 Å². The molecule has 2 rings (SSSR count). The van der Waals surface area contributed by atoms with Crippen LogP contribution in [-0.4, -0.2) is 45.8 Å². The number of nitrogens with zero attached hydrogens (tertiary/aromatic N) is 1. The van der Waals surface area contributed by atoms with E-state index in [1.54, 1.807) is 11.2 Å². The number of amides is 1. The van der Waals surface area contributed by atoms with Gasteiger partial charge in [0.2, 0.25) is 0 Å². The summed E-state index contributed by atoms with van der Waals surface area (Å²) in [5.74, 6) is -2.32. The van der Waals surface area contributed by atoms with Crippen molar-refractivity contribution in [2.75, 3.05) is 12.8 Å². The molecule has 0 saturated heterocycles. The van der Waals surface area contributed by atoms with Crippen molar-refractivity contribution in [2.45, 2.75) is 25.6 Å². The standard InChI is InChI=1S/C18H20FNO4S/c1-10(2)9-20-17(24)13(8-14(21)22)15(18(20)25-3)16(23)11-4-6-12(19)7-5-11/h4-7,10,18H,8-9H2,1-3H3,(H,21,22). The van der Waals surface area contributed by atoms with Gasteiger partial charge in [-0.15, -0.1) is 11.8 Å². The molecule has 1 N–H and O–H groups in total. The van der Waals surface area contributed by atoms with E-state index >= 15 is 0 Å². The maximum absolute atomic E-state index is 13.1. The number of hydrogen-bond donors (Lipinski definition) is 1. The molecule has 1 aromatic rings. The number of carboxylic acids is 1. The number of carbonyl (C=O) groups excluding carboxylic acids is 2. The Morgan fingerprint density at radius 2 is 1.88 bits per heavy atom. The van der Waals surface area contributed by atoms with Crippen molar-refractivity contribution in [3.63, 3.8) is 0 Å². The number of rotatable bonds is 7. The number of carboxylic acid groups (broad SMARTS) is 1. The van der Waals surface area contributed by atoms with Crippen LogP contribution in [0.5, 0.6) is 0 Å². The molecular formula is C18H20FNO4S. The number of aliphatic carboxylic acids is 1. The zero-order chi connectivity index (χ0) is 18.7. The summed E-state index contributed by atoms with van der Waals surface area (Å²) in [6, 6.07) is 5.02. The van der Waals surface area contributed by atoms with Crippen LogP contribution in [0.1, 0.15) is 30.6 Å². The van der Waals surface area contributed by atoms with Crippen molar-refractivity contribution >= 4 is 29.4 Å². The Bertz CT molecular complexity index is 727. The monoisotopic (exact) mass is 365 g/mol. The van der Waals surface area contributed by atoms with Crippen LogP contribution in [0.3, 0.4) is 0 Å². The van der Waals surface area contributed by atoms with Gasteiger partial charge in [0.25, 0.3) is 5.91 Å². The zero-order valence-electron chi connectivity index (χ0n) is 14.3. The van der Waals surface area contributed by atoms with E-state index in [2.05, 4.69) is 0 Å².